The molecule has 1 aromatic carbocycles. The number of carbonyl (C=O) groups excluding carboxylic acids is 1. The molecular weight excluding hydrogens is 369 g/mol. The molecule has 1 amide bonds. The Morgan fingerprint density at radius 1 is 1.32 bits per heavy atom. The Kier molecular flexibility index (Phi) is 6.18. The van der Waals surface area contributed by atoms with Gasteiger partial charge >= 0.3 is 6.18 Å². The topological polar surface area (TPSA) is 50.2 Å². The first-order chi connectivity index (χ1) is 13.3. The standard InChI is InChI=1S/C20H23F3N4O/c1-26-13-16(12-24-26)5-6-19(28)25-18-7-9-27(10-8-18)14-15-3-2-4-17(11-15)20(21,22)23/h2-6,11-13,18H,7-10,14H2,1H3,(H,25,28)/b6-5+. The minimum Gasteiger partial charge on any atom is -0.350 e. The molecule has 1 N–H and O–H groups in total. The highest BCUT2D eigenvalue weighted by molar-refractivity contribution is 5.91. The fraction of sp³-hybridized carbons (Fsp3) is 0.400. The molecule has 150 valence electrons. The third-order valence-electron chi connectivity index (χ3n) is 4.75. The number of amides is 1. The van der Waals surface area contributed by atoms with E-state index >= 15 is 0 Å². The molecule has 5 nitrogen and oxygen atoms in total. The lowest BCUT2D eigenvalue weighted by atomic mass is 10.0. The maximum atomic E-state index is 12.8. The molecule has 0 unspecified atom stereocenters. The number of benzene rings is 1. The number of aromatic nitrogens is 2. The molecule has 1 aliphatic rings. The number of piperidine rings is 1. The maximum absolute atomic E-state index is 12.8. The van der Waals surface area contributed by atoms with Crippen LogP contribution in [0, 0.1) is 0 Å². The molecule has 0 saturated carbocycles. The average Bonchev–Trinajstić information content (AvgIpc) is 3.07. The number of nitrogens with one attached hydrogen (secondary N) is 1. The first-order valence-electron chi connectivity index (χ1n) is 9.15. The smallest absolute Gasteiger partial charge is 0.350 e. The minimum absolute atomic E-state index is 0.0730. The predicted octanol–water partition coefficient (Wildman–Crippen LogP) is 3.23. The van der Waals surface area contributed by atoms with Crippen LogP contribution in [0.15, 0.2) is 42.7 Å². The Bertz CT molecular complexity index is 836. The van der Waals surface area contributed by atoms with Crippen molar-refractivity contribution in [1.82, 2.24) is 20.0 Å². The van der Waals surface area contributed by atoms with Crippen molar-refractivity contribution in [2.45, 2.75) is 31.6 Å². The molecule has 28 heavy (non-hydrogen) atoms. The van der Waals surface area contributed by atoms with Crippen molar-refractivity contribution in [3.63, 3.8) is 0 Å². The van der Waals surface area contributed by atoms with Crippen LogP contribution in [-0.2, 0) is 24.6 Å². The number of alkyl halides is 3. The predicted molar refractivity (Wildman–Crippen MR) is 100 cm³/mol. The van der Waals surface area contributed by atoms with E-state index in [2.05, 4.69) is 15.3 Å². The fourth-order valence-corrected chi connectivity index (χ4v) is 3.29. The summed E-state index contributed by atoms with van der Waals surface area (Å²) in [6.45, 7) is 1.94. The average molecular weight is 392 g/mol. The molecule has 2 heterocycles. The molecule has 0 bridgehead atoms. The molecule has 3 rings (SSSR count). The second kappa shape index (κ2) is 8.60. The van der Waals surface area contributed by atoms with Crippen molar-refractivity contribution in [2.75, 3.05) is 13.1 Å². The van der Waals surface area contributed by atoms with Gasteiger partial charge in [-0.15, -0.1) is 0 Å². The van der Waals surface area contributed by atoms with E-state index in [-0.39, 0.29) is 11.9 Å². The van der Waals surface area contributed by atoms with Gasteiger partial charge in [0.25, 0.3) is 0 Å². The summed E-state index contributed by atoms with van der Waals surface area (Å²) < 4.78 is 40.1. The second-order valence-electron chi connectivity index (χ2n) is 7.04. The SMILES string of the molecule is Cn1cc(/C=C/C(=O)NC2CCN(Cc3cccc(C(F)(F)F)c3)CC2)cn1. The van der Waals surface area contributed by atoms with Gasteiger partial charge in [0.15, 0.2) is 0 Å². The van der Waals surface area contributed by atoms with Crippen molar-refractivity contribution < 1.29 is 18.0 Å². The van der Waals surface area contributed by atoms with Gasteiger partial charge in [0.2, 0.25) is 5.91 Å². The maximum Gasteiger partial charge on any atom is 0.416 e. The first kappa shape index (κ1) is 20.1. The Labute approximate surface area is 161 Å². The zero-order valence-corrected chi connectivity index (χ0v) is 15.6. The van der Waals surface area contributed by atoms with Gasteiger partial charge in [-0.2, -0.15) is 18.3 Å². The molecule has 0 atom stereocenters. The Morgan fingerprint density at radius 2 is 2.07 bits per heavy atom. The van der Waals surface area contributed by atoms with Crippen LogP contribution in [0.3, 0.4) is 0 Å². The van der Waals surface area contributed by atoms with E-state index in [1.54, 1.807) is 23.0 Å². The van der Waals surface area contributed by atoms with Crippen LogP contribution in [0.25, 0.3) is 6.08 Å². The van der Waals surface area contributed by atoms with Crippen LogP contribution in [0.1, 0.15) is 29.5 Å². The van der Waals surface area contributed by atoms with Crippen molar-refractivity contribution in [2.24, 2.45) is 7.05 Å². The number of hydrogen-bond donors (Lipinski definition) is 1. The molecule has 1 saturated heterocycles. The monoisotopic (exact) mass is 392 g/mol. The van der Waals surface area contributed by atoms with Crippen molar-refractivity contribution in [1.29, 1.82) is 0 Å². The lowest BCUT2D eigenvalue weighted by Gasteiger charge is -2.32. The van der Waals surface area contributed by atoms with Crippen molar-refractivity contribution in [3.05, 3.63) is 59.4 Å². The lowest BCUT2D eigenvalue weighted by Crippen LogP contribution is -2.43. The minimum atomic E-state index is -4.32. The summed E-state index contributed by atoms with van der Waals surface area (Å²) in [7, 11) is 1.81. The van der Waals surface area contributed by atoms with Crippen molar-refractivity contribution >= 4 is 12.0 Å². The summed E-state index contributed by atoms with van der Waals surface area (Å²) in [5.74, 6) is -0.153. The number of hydrogen-bond acceptors (Lipinski definition) is 3. The summed E-state index contributed by atoms with van der Waals surface area (Å²) in [4.78, 5) is 14.2. The third-order valence-corrected chi connectivity index (χ3v) is 4.75. The van der Waals surface area contributed by atoms with E-state index < -0.39 is 11.7 Å². The van der Waals surface area contributed by atoms with E-state index in [4.69, 9.17) is 0 Å². The summed E-state index contributed by atoms with van der Waals surface area (Å²) in [6, 6.07) is 5.52. The number of halogens is 3. The second-order valence-corrected chi connectivity index (χ2v) is 7.04. The number of carbonyl (C=O) groups is 1. The van der Waals surface area contributed by atoms with Crippen LogP contribution >= 0.6 is 0 Å². The lowest BCUT2D eigenvalue weighted by molar-refractivity contribution is -0.137. The van der Waals surface area contributed by atoms with Crippen LogP contribution in [0.2, 0.25) is 0 Å². The fourth-order valence-electron chi connectivity index (χ4n) is 3.29. The zero-order chi connectivity index (χ0) is 20.1. The molecule has 1 aliphatic heterocycles. The van der Waals surface area contributed by atoms with Gasteiger partial charge < -0.3 is 5.32 Å². The number of likely N-dealkylation sites (tertiary alicyclic amines) is 1. The van der Waals surface area contributed by atoms with Gasteiger partial charge in [0.05, 0.1) is 11.8 Å². The van der Waals surface area contributed by atoms with Crippen LogP contribution < -0.4 is 5.32 Å². The zero-order valence-electron chi connectivity index (χ0n) is 15.6. The summed E-state index contributed by atoms with van der Waals surface area (Å²) in [6.07, 6.45) is 3.91. The molecule has 1 fully saturated rings. The molecule has 0 spiro atoms. The molecule has 0 radical (unpaired) electrons. The highest BCUT2D eigenvalue weighted by Gasteiger charge is 2.30. The number of nitrogens with zero attached hydrogens (tertiary/aromatic N) is 3. The van der Waals surface area contributed by atoms with E-state index in [0.29, 0.717) is 12.1 Å². The molecular formula is C20H23F3N4O. The highest BCUT2D eigenvalue weighted by atomic mass is 19.4. The quantitative estimate of drug-likeness (QED) is 0.795. The van der Waals surface area contributed by atoms with Gasteiger partial charge in [-0.05, 0) is 30.5 Å². The van der Waals surface area contributed by atoms with Gasteiger partial charge in [0, 0.05) is 50.6 Å². The molecule has 2 aromatic rings. The van der Waals surface area contributed by atoms with Gasteiger partial charge in [-0.1, -0.05) is 18.2 Å². The third kappa shape index (κ3) is 5.69. The van der Waals surface area contributed by atoms with Crippen LogP contribution in [-0.4, -0.2) is 39.7 Å². The van der Waals surface area contributed by atoms with E-state index in [0.717, 1.165) is 37.6 Å². The number of aryl methyl sites for hydroxylation is 1. The number of rotatable bonds is 5. The molecule has 1 aromatic heterocycles. The van der Waals surface area contributed by atoms with E-state index in [1.807, 2.05) is 13.2 Å². The van der Waals surface area contributed by atoms with Gasteiger partial charge in [-0.25, -0.2) is 0 Å². The normalized spacial score (nSPS) is 16.6. The van der Waals surface area contributed by atoms with Crippen LogP contribution in [0.4, 0.5) is 13.2 Å². The van der Waals surface area contributed by atoms with E-state index in [1.165, 1.54) is 18.2 Å². The summed E-state index contributed by atoms with van der Waals surface area (Å²) in [5.41, 5.74) is 0.887. The largest absolute Gasteiger partial charge is 0.416 e. The van der Waals surface area contributed by atoms with Crippen LogP contribution in [0.5, 0.6) is 0 Å². The first-order valence-corrected chi connectivity index (χ1v) is 9.15. The highest BCUT2D eigenvalue weighted by Crippen LogP contribution is 2.30. The van der Waals surface area contributed by atoms with E-state index in [9.17, 15) is 18.0 Å². The Hall–Kier alpha value is -2.61. The van der Waals surface area contributed by atoms with Gasteiger partial charge in [0.1, 0.15) is 0 Å². The Morgan fingerprint density at radius 3 is 2.71 bits per heavy atom. The van der Waals surface area contributed by atoms with Crippen molar-refractivity contribution in [3.8, 4) is 0 Å². The summed E-state index contributed by atoms with van der Waals surface area (Å²) >= 11 is 0. The Balaban J connectivity index is 1.45. The van der Waals surface area contributed by atoms with Gasteiger partial charge in [-0.3, -0.25) is 14.4 Å². The molecule has 8 heteroatoms. The molecule has 0 aliphatic carbocycles. The summed E-state index contributed by atoms with van der Waals surface area (Å²) in [5, 5.41) is 7.02.